The van der Waals surface area contributed by atoms with E-state index in [4.69, 9.17) is 0 Å². The Balaban J connectivity index is 1.63. The smallest absolute Gasteiger partial charge is 0.00417 e. The predicted octanol–water partition coefficient (Wildman–Crippen LogP) is 3.78. The number of hydrogen-bond donors (Lipinski definition) is 0. The van der Waals surface area contributed by atoms with E-state index >= 15 is 0 Å². The Morgan fingerprint density at radius 1 is 1.40 bits per heavy atom. The van der Waals surface area contributed by atoms with Crippen LogP contribution < -0.4 is 0 Å². The Hall–Kier alpha value is 0.170. The number of hydrogen-bond acceptors (Lipinski definition) is 0. The van der Waals surface area contributed by atoms with Gasteiger partial charge in [0.05, 0.1) is 0 Å². The average Bonchev–Trinajstić information content (AvgIpc) is 3.00. The molecule has 4 rings (SSSR count). The van der Waals surface area contributed by atoms with Crippen LogP contribution in [0.2, 0.25) is 0 Å². The molecule has 0 aromatic carbocycles. The minimum Gasteiger partial charge on any atom is -0.123 e. The van der Waals surface area contributed by atoms with E-state index in [1.54, 1.807) is 11.7 Å². The Bertz CT molecular complexity index is 360. The lowest BCUT2D eigenvalue weighted by Gasteiger charge is -2.45. The molecule has 0 aromatic heterocycles. The van der Waals surface area contributed by atoms with Crippen molar-refractivity contribution < 1.29 is 0 Å². The minimum absolute atomic E-state index is 0.601. The molecular formula is C14H21P. The van der Waals surface area contributed by atoms with Gasteiger partial charge in [-0.2, -0.15) is 0 Å². The second-order valence-corrected chi connectivity index (χ2v) is 7.69. The van der Waals surface area contributed by atoms with E-state index in [-0.39, 0.29) is 0 Å². The standard InChI is InChI=1S/C14H21P/c1-8-5-9(8)10-6-14(10)7-12(15)13(2)4-3-11(13)14/h8-11,15H,3-7H2,1-2H3/t8-,9?,10?,11-,13?,14?/m1/s1. The summed E-state index contributed by atoms with van der Waals surface area (Å²) in [6.07, 6.45) is 7.48. The molecule has 0 heterocycles. The third-order valence-electron chi connectivity index (χ3n) is 6.48. The summed E-state index contributed by atoms with van der Waals surface area (Å²) in [4.78, 5) is 0. The van der Waals surface area contributed by atoms with Gasteiger partial charge >= 0.3 is 0 Å². The molecule has 4 aliphatic rings. The Kier molecular flexibility index (Phi) is 1.46. The highest BCUT2D eigenvalue weighted by molar-refractivity contribution is 7.21. The third-order valence-corrected chi connectivity index (χ3v) is 7.23. The van der Waals surface area contributed by atoms with Gasteiger partial charge in [-0.25, -0.2) is 0 Å². The van der Waals surface area contributed by atoms with E-state index < -0.39 is 0 Å². The van der Waals surface area contributed by atoms with Crippen LogP contribution in [-0.4, -0.2) is 5.29 Å². The van der Waals surface area contributed by atoms with Crippen LogP contribution in [0.25, 0.3) is 0 Å². The van der Waals surface area contributed by atoms with Gasteiger partial charge in [0.15, 0.2) is 0 Å². The number of fused-ring (bicyclic) bond motifs is 2. The molecule has 82 valence electrons. The highest BCUT2D eigenvalue weighted by Crippen LogP contribution is 2.79. The van der Waals surface area contributed by atoms with Gasteiger partial charge in [0.25, 0.3) is 0 Å². The lowest BCUT2D eigenvalue weighted by molar-refractivity contribution is 0.0791. The molecule has 4 saturated carbocycles. The molecule has 0 radical (unpaired) electrons. The zero-order valence-electron chi connectivity index (χ0n) is 9.84. The molecule has 15 heavy (non-hydrogen) atoms. The first-order valence-electron chi connectivity index (χ1n) is 6.66. The second-order valence-electron chi connectivity index (χ2n) is 7.08. The van der Waals surface area contributed by atoms with Crippen molar-refractivity contribution in [3.63, 3.8) is 0 Å². The molecule has 0 saturated heterocycles. The Morgan fingerprint density at radius 2 is 2.13 bits per heavy atom. The van der Waals surface area contributed by atoms with E-state index in [0.717, 1.165) is 29.1 Å². The fraction of sp³-hybridized carbons (Fsp3) is 0.929. The largest absolute Gasteiger partial charge is 0.123 e. The molecule has 4 aliphatic carbocycles. The van der Waals surface area contributed by atoms with Crippen LogP contribution in [0, 0.1) is 34.5 Å². The van der Waals surface area contributed by atoms with Crippen molar-refractivity contribution >= 4 is 14.2 Å². The van der Waals surface area contributed by atoms with Crippen LogP contribution in [0.4, 0.5) is 0 Å². The zero-order chi connectivity index (χ0) is 10.4. The quantitative estimate of drug-likeness (QED) is 0.590. The summed E-state index contributed by atoms with van der Waals surface area (Å²) in [6.45, 7) is 4.95. The molecule has 4 fully saturated rings. The molecule has 1 spiro atoms. The first-order valence-corrected chi connectivity index (χ1v) is 7.16. The lowest BCUT2D eigenvalue weighted by atomic mass is 9.60. The summed E-state index contributed by atoms with van der Waals surface area (Å²) < 4.78 is 0. The fourth-order valence-corrected chi connectivity index (χ4v) is 5.73. The van der Waals surface area contributed by atoms with Gasteiger partial charge in [-0.15, -0.1) is 8.86 Å². The van der Waals surface area contributed by atoms with Crippen LogP contribution in [0.5, 0.6) is 0 Å². The fourth-order valence-electron chi connectivity index (χ4n) is 5.10. The van der Waals surface area contributed by atoms with Gasteiger partial charge in [0, 0.05) is 0 Å². The van der Waals surface area contributed by atoms with Crippen molar-refractivity contribution in [1.82, 2.24) is 0 Å². The van der Waals surface area contributed by atoms with Crippen molar-refractivity contribution in [2.45, 2.75) is 46.0 Å². The third kappa shape index (κ3) is 0.904. The summed E-state index contributed by atoms with van der Waals surface area (Å²) in [5.74, 6) is 4.34. The van der Waals surface area contributed by atoms with Crippen LogP contribution >= 0.6 is 8.86 Å². The Morgan fingerprint density at radius 3 is 2.60 bits per heavy atom. The molecule has 0 aromatic rings. The maximum absolute atomic E-state index is 3.95. The van der Waals surface area contributed by atoms with Crippen molar-refractivity contribution in [1.29, 1.82) is 0 Å². The Labute approximate surface area is 95.0 Å². The SMILES string of the molecule is C[C@@H]1CC1C1CC12CC(=P)C1(C)CC[C@H]12. The van der Waals surface area contributed by atoms with Crippen molar-refractivity contribution in [3.8, 4) is 0 Å². The van der Waals surface area contributed by atoms with Crippen molar-refractivity contribution in [2.75, 3.05) is 0 Å². The monoisotopic (exact) mass is 220 g/mol. The molecule has 0 bridgehead atoms. The molecule has 4 unspecified atom stereocenters. The van der Waals surface area contributed by atoms with Gasteiger partial charge in [-0.3, -0.25) is 0 Å². The van der Waals surface area contributed by atoms with Crippen LogP contribution in [-0.2, 0) is 0 Å². The van der Waals surface area contributed by atoms with Crippen LogP contribution in [0.15, 0.2) is 0 Å². The molecule has 0 aliphatic heterocycles. The van der Waals surface area contributed by atoms with Crippen molar-refractivity contribution in [3.05, 3.63) is 0 Å². The highest BCUT2D eigenvalue weighted by atomic mass is 31.0. The average molecular weight is 220 g/mol. The maximum atomic E-state index is 3.95. The van der Waals surface area contributed by atoms with Gasteiger partial charge in [0.1, 0.15) is 0 Å². The maximum Gasteiger partial charge on any atom is -0.00417 e. The van der Waals surface area contributed by atoms with Crippen LogP contribution in [0.1, 0.15) is 46.0 Å². The van der Waals surface area contributed by atoms with E-state index in [1.807, 2.05) is 0 Å². The summed E-state index contributed by atoms with van der Waals surface area (Å²) in [5, 5.41) is 1.66. The zero-order valence-corrected chi connectivity index (χ0v) is 10.8. The first kappa shape index (κ1) is 9.23. The van der Waals surface area contributed by atoms with Crippen LogP contribution in [0.3, 0.4) is 0 Å². The normalized spacial score (nSPS) is 65.3. The summed E-state index contributed by atoms with van der Waals surface area (Å²) in [6, 6.07) is 0. The van der Waals surface area contributed by atoms with Gasteiger partial charge in [0.2, 0.25) is 0 Å². The van der Waals surface area contributed by atoms with E-state index in [0.29, 0.717) is 5.41 Å². The minimum atomic E-state index is 0.601. The van der Waals surface area contributed by atoms with Gasteiger partial charge < -0.3 is 0 Å². The second kappa shape index (κ2) is 2.37. The molecular weight excluding hydrogens is 199 g/mol. The van der Waals surface area contributed by atoms with Crippen molar-refractivity contribution in [2.24, 2.45) is 34.5 Å². The molecule has 6 atom stereocenters. The van der Waals surface area contributed by atoms with E-state index in [9.17, 15) is 0 Å². The molecule has 0 amide bonds. The predicted molar refractivity (Wildman–Crippen MR) is 66.6 cm³/mol. The number of rotatable bonds is 1. The van der Waals surface area contributed by atoms with Gasteiger partial charge in [-0.05, 0) is 71.9 Å². The summed E-state index contributed by atoms with van der Waals surface area (Å²) >= 11 is 0. The van der Waals surface area contributed by atoms with Gasteiger partial charge in [-0.1, -0.05) is 13.8 Å². The van der Waals surface area contributed by atoms with E-state index in [2.05, 4.69) is 22.7 Å². The first-order chi connectivity index (χ1) is 7.08. The summed E-state index contributed by atoms with van der Waals surface area (Å²) in [7, 11) is 3.95. The summed E-state index contributed by atoms with van der Waals surface area (Å²) in [5.41, 5.74) is 1.39. The lowest BCUT2D eigenvalue weighted by Crippen LogP contribution is -2.40. The molecule has 0 N–H and O–H groups in total. The molecule has 0 nitrogen and oxygen atoms in total. The highest BCUT2D eigenvalue weighted by Gasteiger charge is 2.73. The van der Waals surface area contributed by atoms with E-state index in [1.165, 1.54) is 25.7 Å². The molecule has 1 heteroatoms. The topological polar surface area (TPSA) is 0 Å².